The molecule has 0 bridgehead atoms. The van der Waals surface area contributed by atoms with Crippen LogP contribution in [0.3, 0.4) is 0 Å². The van der Waals surface area contributed by atoms with Gasteiger partial charge in [0.25, 0.3) is 5.91 Å². The largest absolute Gasteiger partial charge is 0.497 e. The minimum atomic E-state index is -0.359. The number of methoxy groups -OCH3 is 2. The van der Waals surface area contributed by atoms with E-state index in [0.29, 0.717) is 24.5 Å². The Bertz CT molecular complexity index is 945. The van der Waals surface area contributed by atoms with Crippen molar-refractivity contribution in [1.29, 1.82) is 0 Å². The molecule has 3 amide bonds. The van der Waals surface area contributed by atoms with E-state index < -0.39 is 0 Å². The summed E-state index contributed by atoms with van der Waals surface area (Å²) in [5.41, 5.74) is 1.64. The van der Waals surface area contributed by atoms with Crippen LogP contribution in [-0.2, 0) is 4.79 Å². The molecule has 0 saturated carbocycles. The highest BCUT2D eigenvalue weighted by Gasteiger charge is 2.36. The number of ether oxygens (including phenoxy) is 2. The third kappa shape index (κ3) is 5.16. The van der Waals surface area contributed by atoms with Crippen LogP contribution in [-0.4, -0.2) is 61.9 Å². The second-order valence-electron chi connectivity index (χ2n) is 7.18. The summed E-state index contributed by atoms with van der Waals surface area (Å²) in [5, 5.41) is 10.9. The minimum Gasteiger partial charge on any atom is -0.497 e. The summed E-state index contributed by atoms with van der Waals surface area (Å²) in [6.07, 6.45) is 1.37. The van der Waals surface area contributed by atoms with Gasteiger partial charge in [0, 0.05) is 25.6 Å². The van der Waals surface area contributed by atoms with Crippen molar-refractivity contribution < 1.29 is 19.1 Å². The number of hydrazone groups is 1. The summed E-state index contributed by atoms with van der Waals surface area (Å²) in [5.74, 6) is 1.06. The second-order valence-corrected chi connectivity index (χ2v) is 8.13. The van der Waals surface area contributed by atoms with Crippen LogP contribution in [0.2, 0.25) is 0 Å². The highest BCUT2D eigenvalue weighted by molar-refractivity contribution is 7.12. The Kier molecular flexibility index (Phi) is 7.51. The highest BCUT2D eigenvalue weighted by atomic mass is 32.1. The van der Waals surface area contributed by atoms with Crippen molar-refractivity contribution in [2.75, 3.05) is 34.4 Å². The number of hydrogen-bond donors (Lipinski definition) is 1. The quantitative estimate of drug-likeness (QED) is 0.676. The van der Waals surface area contributed by atoms with Crippen LogP contribution in [0.1, 0.15) is 36.2 Å². The molecule has 1 aliphatic rings. The Hall–Kier alpha value is -3.07. The molecule has 166 valence electrons. The Morgan fingerprint density at radius 2 is 2.10 bits per heavy atom. The molecule has 1 aromatic heterocycles. The number of carbonyl (C=O) groups excluding carboxylic acids is 2. The number of amides is 3. The van der Waals surface area contributed by atoms with Crippen LogP contribution >= 0.6 is 11.3 Å². The van der Waals surface area contributed by atoms with E-state index in [4.69, 9.17) is 9.47 Å². The first-order valence-electron chi connectivity index (χ1n) is 10.1. The van der Waals surface area contributed by atoms with E-state index in [1.54, 1.807) is 32.6 Å². The minimum absolute atomic E-state index is 0.0838. The van der Waals surface area contributed by atoms with Gasteiger partial charge in [-0.3, -0.25) is 4.79 Å². The Morgan fingerprint density at radius 3 is 2.74 bits per heavy atom. The number of nitrogens with one attached hydrogen (secondary N) is 1. The molecule has 0 spiro atoms. The van der Waals surface area contributed by atoms with Gasteiger partial charge in [0.05, 0.1) is 30.9 Å². The van der Waals surface area contributed by atoms with Crippen LogP contribution in [0.5, 0.6) is 11.5 Å². The lowest BCUT2D eigenvalue weighted by molar-refractivity contribution is -0.133. The molecule has 31 heavy (non-hydrogen) atoms. The van der Waals surface area contributed by atoms with Crippen LogP contribution < -0.4 is 14.8 Å². The summed E-state index contributed by atoms with van der Waals surface area (Å²) in [7, 11) is 4.80. The van der Waals surface area contributed by atoms with Crippen molar-refractivity contribution in [3.63, 3.8) is 0 Å². The molecule has 2 aromatic rings. The molecule has 1 atom stereocenters. The molecule has 2 heterocycles. The average Bonchev–Trinajstić information content (AvgIpc) is 3.46. The van der Waals surface area contributed by atoms with Crippen molar-refractivity contribution >= 4 is 29.0 Å². The first-order chi connectivity index (χ1) is 15.0. The summed E-state index contributed by atoms with van der Waals surface area (Å²) in [6, 6.07) is 8.81. The summed E-state index contributed by atoms with van der Waals surface area (Å²) >= 11 is 1.58. The van der Waals surface area contributed by atoms with Gasteiger partial charge in [-0.05, 0) is 36.1 Å². The van der Waals surface area contributed by atoms with Crippen molar-refractivity contribution in [1.82, 2.24) is 15.2 Å². The van der Waals surface area contributed by atoms with Gasteiger partial charge in [0.1, 0.15) is 18.0 Å². The first kappa shape index (κ1) is 22.6. The fraction of sp³-hybridized carbons (Fsp3) is 0.409. The molecule has 1 unspecified atom stereocenters. The predicted molar refractivity (Wildman–Crippen MR) is 121 cm³/mol. The van der Waals surface area contributed by atoms with Gasteiger partial charge in [-0.25, -0.2) is 9.80 Å². The van der Waals surface area contributed by atoms with Crippen LogP contribution in [0.25, 0.3) is 0 Å². The molecule has 0 saturated heterocycles. The highest BCUT2D eigenvalue weighted by Crippen LogP contribution is 2.39. The van der Waals surface area contributed by atoms with Crippen molar-refractivity contribution in [3.05, 3.63) is 46.2 Å². The number of carbonyl (C=O) groups is 2. The third-order valence-electron chi connectivity index (χ3n) is 5.01. The fourth-order valence-electron chi connectivity index (χ4n) is 3.39. The molecular formula is C22H28N4O4S. The fourth-order valence-corrected chi connectivity index (χ4v) is 4.11. The molecule has 0 radical (unpaired) electrons. The number of urea groups is 1. The smallest absolute Gasteiger partial charge is 0.317 e. The summed E-state index contributed by atoms with van der Waals surface area (Å²) < 4.78 is 10.9. The van der Waals surface area contributed by atoms with E-state index >= 15 is 0 Å². The van der Waals surface area contributed by atoms with Gasteiger partial charge < -0.3 is 19.7 Å². The summed E-state index contributed by atoms with van der Waals surface area (Å²) in [6.45, 7) is 2.45. The third-order valence-corrected chi connectivity index (χ3v) is 5.93. The van der Waals surface area contributed by atoms with Crippen LogP contribution in [0, 0.1) is 0 Å². The van der Waals surface area contributed by atoms with Gasteiger partial charge in [-0.15, -0.1) is 11.3 Å². The molecule has 0 fully saturated rings. The first-order valence-corrected chi connectivity index (χ1v) is 11.0. The van der Waals surface area contributed by atoms with Crippen molar-refractivity contribution in [3.8, 4) is 11.5 Å². The Balaban J connectivity index is 1.90. The maximum atomic E-state index is 13.2. The lowest BCUT2D eigenvalue weighted by Gasteiger charge is -2.26. The zero-order valence-electron chi connectivity index (χ0n) is 18.3. The Morgan fingerprint density at radius 1 is 1.29 bits per heavy atom. The second kappa shape index (κ2) is 10.3. The van der Waals surface area contributed by atoms with E-state index in [9.17, 15) is 9.59 Å². The van der Waals surface area contributed by atoms with Crippen LogP contribution in [0.4, 0.5) is 4.79 Å². The van der Waals surface area contributed by atoms with E-state index in [-0.39, 0.29) is 24.5 Å². The number of benzene rings is 1. The Labute approximate surface area is 186 Å². The van der Waals surface area contributed by atoms with Gasteiger partial charge in [0.15, 0.2) is 0 Å². The number of likely N-dealkylation sites (N-methyl/N-ethyl adjacent to an activating group) is 1. The van der Waals surface area contributed by atoms with Gasteiger partial charge in [-0.1, -0.05) is 13.0 Å². The van der Waals surface area contributed by atoms with Crippen molar-refractivity contribution in [2.24, 2.45) is 5.10 Å². The zero-order valence-corrected chi connectivity index (χ0v) is 19.1. The van der Waals surface area contributed by atoms with Gasteiger partial charge >= 0.3 is 6.03 Å². The summed E-state index contributed by atoms with van der Waals surface area (Å²) in [4.78, 5) is 27.8. The lowest BCUT2D eigenvalue weighted by Crippen LogP contribution is -2.43. The topological polar surface area (TPSA) is 83.5 Å². The van der Waals surface area contributed by atoms with E-state index in [2.05, 4.69) is 10.4 Å². The SMILES string of the molecule is CCCNC(=O)N(C)CC(=O)N1N=C(c2cccs2)CC1c1cc(OC)ccc1OC. The normalized spacial score (nSPS) is 15.4. The van der Waals surface area contributed by atoms with Gasteiger partial charge in [0.2, 0.25) is 0 Å². The predicted octanol–water partition coefficient (Wildman–Crippen LogP) is 3.49. The van der Waals surface area contributed by atoms with Crippen molar-refractivity contribution in [2.45, 2.75) is 25.8 Å². The van der Waals surface area contributed by atoms with E-state index in [0.717, 1.165) is 22.6 Å². The van der Waals surface area contributed by atoms with Gasteiger partial charge in [-0.2, -0.15) is 5.10 Å². The molecule has 3 rings (SSSR count). The molecule has 1 N–H and O–H groups in total. The number of hydrogen-bond acceptors (Lipinski definition) is 6. The molecular weight excluding hydrogens is 416 g/mol. The van der Waals surface area contributed by atoms with E-state index in [1.807, 2.05) is 42.6 Å². The number of thiophene rings is 1. The number of nitrogens with zero attached hydrogens (tertiary/aromatic N) is 3. The molecule has 1 aromatic carbocycles. The lowest BCUT2D eigenvalue weighted by atomic mass is 9.99. The monoisotopic (exact) mass is 444 g/mol. The maximum Gasteiger partial charge on any atom is 0.317 e. The standard InChI is InChI=1S/C22H28N4O4S/c1-5-10-23-22(28)25(2)14-21(27)26-18(13-17(24-26)20-7-6-11-31-20)16-12-15(29-3)8-9-19(16)30-4/h6-9,11-12,18H,5,10,13-14H2,1-4H3,(H,23,28). The van der Waals surface area contributed by atoms with Crippen LogP contribution in [0.15, 0.2) is 40.8 Å². The zero-order chi connectivity index (χ0) is 22.4. The molecule has 0 aliphatic carbocycles. The molecule has 8 nitrogen and oxygen atoms in total. The average molecular weight is 445 g/mol. The van der Waals surface area contributed by atoms with E-state index in [1.165, 1.54) is 9.91 Å². The maximum absolute atomic E-state index is 13.2. The molecule has 1 aliphatic heterocycles. The number of rotatable bonds is 8. The molecule has 9 heteroatoms.